The summed E-state index contributed by atoms with van der Waals surface area (Å²) in [5, 5.41) is 0. The van der Waals surface area contributed by atoms with Crippen molar-refractivity contribution in [3.63, 3.8) is 0 Å². The average molecular weight is 132 g/mol. The fourth-order valence-electron chi connectivity index (χ4n) is 0.159. The van der Waals surface area contributed by atoms with Gasteiger partial charge in [0.25, 0.3) is 0 Å². The van der Waals surface area contributed by atoms with Gasteiger partial charge in [-0.25, -0.2) is 0 Å². The van der Waals surface area contributed by atoms with E-state index in [4.69, 9.17) is 6.42 Å². The molecule has 40 valence electrons. The monoisotopic (exact) mass is 132 g/mol. The summed E-state index contributed by atoms with van der Waals surface area (Å²) in [5.41, 5.74) is 0. The van der Waals surface area contributed by atoms with Gasteiger partial charge >= 0.3 is 0 Å². The third kappa shape index (κ3) is 6.26. The van der Waals surface area contributed by atoms with E-state index in [-0.39, 0.29) is 0 Å². The molecule has 0 N–H and O–H groups in total. The number of terminal acetylenes is 1. The van der Waals surface area contributed by atoms with Gasteiger partial charge in [0.15, 0.2) is 0 Å². The molecule has 2 heteroatoms. The topological polar surface area (TPSA) is 0 Å². The second-order valence-corrected chi connectivity index (χ2v) is 3.62. The van der Waals surface area contributed by atoms with Crippen LogP contribution in [0.15, 0.2) is 0 Å². The van der Waals surface area contributed by atoms with Crippen LogP contribution in [0.2, 0.25) is 0 Å². The second kappa shape index (κ2) is 6.26. The highest BCUT2D eigenvalue weighted by atomic mass is 33.1. The van der Waals surface area contributed by atoms with Gasteiger partial charge in [-0.1, -0.05) is 34.4 Å². The highest BCUT2D eigenvalue weighted by Gasteiger charge is 1.77. The molecule has 0 aromatic rings. The van der Waals surface area contributed by atoms with E-state index in [1.807, 2.05) is 0 Å². The summed E-state index contributed by atoms with van der Waals surface area (Å²) in [5.74, 6) is 4.52. The van der Waals surface area contributed by atoms with Gasteiger partial charge < -0.3 is 0 Å². The van der Waals surface area contributed by atoms with Crippen molar-refractivity contribution in [1.82, 2.24) is 0 Å². The Labute approximate surface area is 52.8 Å². The van der Waals surface area contributed by atoms with Gasteiger partial charge in [0, 0.05) is 5.75 Å². The first-order valence-electron chi connectivity index (χ1n) is 2.09. The summed E-state index contributed by atoms with van der Waals surface area (Å²) < 4.78 is 0. The lowest BCUT2D eigenvalue weighted by Gasteiger charge is -1.86. The number of rotatable bonds is 3. The van der Waals surface area contributed by atoms with E-state index in [0.29, 0.717) is 0 Å². The van der Waals surface area contributed by atoms with Gasteiger partial charge in [-0.2, -0.15) is 0 Å². The fraction of sp³-hybridized carbons (Fsp3) is 0.600. The second-order valence-electron chi connectivity index (χ2n) is 0.873. The van der Waals surface area contributed by atoms with Crippen molar-refractivity contribution < 1.29 is 0 Å². The summed E-state index contributed by atoms with van der Waals surface area (Å²) in [6.45, 7) is 2.12. The van der Waals surface area contributed by atoms with Crippen molar-refractivity contribution in [3.8, 4) is 12.3 Å². The smallest absolute Gasteiger partial charge is 0.0648 e. The van der Waals surface area contributed by atoms with Crippen LogP contribution in [0.3, 0.4) is 0 Å². The maximum atomic E-state index is 4.99. The third-order valence-electron chi connectivity index (χ3n) is 0.343. The third-order valence-corrected chi connectivity index (χ3v) is 2.59. The summed E-state index contributed by atoms with van der Waals surface area (Å²) in [6.07, 6.45) is 4.99. The largest absolute Gasteiger partial charge is 0.119 e. The van der Waals surface area contributed by atoms with Crippen molar-refractivity contribution in [3.05, 3.63) is 0 Å². The Bertz CT molecular complexity index is 63.0. The lowest BCUT2D eigenvalue weighted by molar-refractivity contribution is 1.54. The molecule has 0 rings (SSSR count). The molecule has 0 saturated carbocycles. The molecule has 0 aliphatic rings. The minimum Gasteiger partial charge on any atom is -0.119 e. The Morgan fingerprint density at radius 2 is 2.29 bits per heavy atom. The number of hydrogen-bond acceptors (Lipinski definition) is 2. The Morgan fingerprint density at radius 1 is 1.57 bits per heavy atom. The van der Waals surface area contributed by atoms with E-state index in [1.54, 1.807) is 21.6 Å². The molecule has 0 aromatic heterocycles. The van der Waals surface area contributed by atoms with Crippen LogP contribution in [-0.4, -0.2) is 11.5 Å². The Morgan fingerprint density at radius 3 is 2.71 bits per heavy atom. The van der Waals surface area contributed by atoms with Crippen molar-refractivity contribution in [2.45, 2.75) is 6.92 Å². The minimum absolute atomic E-state index is 0.832. The van der Waals surface area contributed by atoms with Crippen molar-refractivity contribution in [2.75, 3.05) is 11.5 Å². The van der Waals surface area contributed by atoms with Crippen LogP contribution < -0.4 is 0 Å². The molecule has 0 amide bonds. The van der Waals surface area contributed by atoms with E-state index in [2.05, 4.69) is 12.8 Å². The lowest BCUT2D eigenvalue weighted by atomic mass is 10.8. The molecule has 0 radical (unpaired) electrons. The van der Waals surface area contributed by atoms with Gasteiger partial charge in [-0.15, -0.1) is 6.42 Å². The predicted octanol–water partition coefficient (Wildman–Crippen LogP) is 2.02. The van der Waals surface area contributed by atoms with Crippen molar-refractivity contribution >= 4 is 21.6 Å². The van der Waals surface area contributed by atoms with Crippen molar-refractivity contribution in [1.29, 1.82) is 0 Å². The molecular weight excluding hydrogens is 124 g/mol. The molecule has 0 aliphatic carbocycles. The molecule has 0 spiro atoms. The van der Waals surface area contributed by atoms with Crippen LogP contribution in [0, 0.1) is 12.3 Å². The Balaban J connectivity index is 2.60. The molecule has 0 aliphatic heterocycles. The zero-order valence-electron chi connectivity index (χ0n) is 4.31. The van der Waals surface area contributed by atoms with E-state index in [9.17, 15) is 0 Å². The maximum absolute atomic E-state index is 4.99. The van der Waals surface area contributed by atoms with Gasteiger partial charge in [-0.3, -0.25) is 0 Å². The molecule has 0 unspecified atom stereocenters. The van der Waals surface area contributed by atoms with Gasteiger partial charge in [-0.05, 0) is 0 Å². The standard InChI is InChI=1S/C5H8S2/c1-3-5-7-6-4-2/h1H,4-5H2,2H3. The molecule has 0 nitrogen and oxygen atoms in total. The number of hydrogen-bond donors (Lipinski definition) is 0. The van der Waals surface area contributed by atoms with Crippen LogP contribution in [0.4, 0.5) is 0 Å². The molecular formula is C5H8S2. The Hall–Kier alpha value is 0.260. The minimum atomic E-state index is 0.832. The van der Waals surface area contributed by atoms with Crippen molar-refractivity contribution in [2.24, 2.45) is 0 Å². The molecule has 0 saturated heterocycles. The van der Waals surface area contributed by atoms with Crippen LogP contribution in [0.25, 0.3) is 0 Å². The van der Waals surface area contributed by atoms with Gasteiger partial charge in [0.1, 0.15) is 0 Å². The molecule has 0 fully saturated rings. The van der Waals surface area contributed by atoms with E-state index < -0.39 is 0 Å². The SMILES string of the molecule is C#CCSSCC. The van der Waals surface area contributed by atoms with E-state index in [0.717, 1.165) is 11.5 Å². The van der Waals surface area contributed by atoms with Crippen LogP contribution in [-0.2, 0) is 0 Å². The molecule has 0 bridgehead atoms. The molecule has 0 atom stereocenters. The lowest BCUT2D eigenvalue weighted by Crippen LogP contribution is -1.63. The quantitative estimate of drug-likeness (QED) is 0.327. The summed E-state index contributed by atoms with van der Waals surface area (Å²) in [7, 11) is 3.54. The van der Waals surface area contributed by atoms with Gasteiger partial charge in [0.2, 0.25) is 0 Å². The first-order chi connectivity index (χ1) is 3.41. The summed E-state index contributed by atoms with van der Waals surface area (Å²) in [4.78, 5) is 0. The predicted molar refractivity (Wildman–Crippen MR) is 39.4 cm³/mol. The van der Waals surface area contributed by atoms with Crippen LogP contribution in [0.1, 0.15) is 6.92 Å². The Kier molecular flexibility index (Phi) is 6.49. The zero-order chi connectivity index (χ0) is 5.54. The van der Waals surface area contributed by atoms with Gasteiger partial charge in [0.05, 0.1) is 5.75 Å². The normalized spacial score (nSPS) is 8.00. The highest BCUT2D eigenvalue weighted by molar-refractivity contribution is 8.76. The van der Waals surface area contributed by atoms with Crippen LogP contribution in [0.5, 0.6) is 0 Å². The van der Waals surface area contributed by atoms with Crippen LogP contribution >= 0.6 is 21.6 Å². The average Bonchev–Trinajstić information content (AvgIpc) is 1.69. The maximum Gasteiger partial charge on any atom is 0.0648 e. The molecule has 7 heavy (non-hydrogen) atoms. The summed E-state index contributed by atoms with van der Waals surface area (Å²) in [6, 6.07) is 0. The zero-order valence-corrected chi connectivity index (χ0v) is 5.94. The summed E-state index contributed by atoms with van der Waals surface area (Å²) >= 11 is 0. The first kappa shape index (κ1) is 7.26. The highest BCUT2D eigenvalue weighted by Crippen LogP contribution is 2.18. The molecule has 0 aromatic carbocycles. The first-order valence-corrected chi connectivity index (χ1v) is 4.58. The van der Waals surface area contributed by atoms with E-state index >= 15 is 0 Å². The fourth-order valence-corrected chi connectivity index (χ4v) is 1.43. The van der Waals surface area contributed by atoms with E-state index in [1.165, 1.54) is 0 Å². The molecule has 0 heterocycles.